The van der Waals surface area contributed by atoms with Crippen LogP contribution in [-0.2, 0) is 22.6 Å². The maximum absolute atomic E-state index is 12.5. The molecule has 0 aromatic carbocycles. The van der Waals surface area contributed by atoms with Crippen molar-refractivity contribution in [3.05, 3.63) is 11.8 Å². The highest BCUT2D eigenvalue weighted by atomic mass is 16.4. The SMILES string of the molecule is CCc1nnc(CNC(=O)[C@H]2CCC(=O)N(CC3CCCCC3)C2)o1. The lowest BCUT2D eigenvalue weighted by molar-refractivity contribution is -0.139. The summed E-state index contributed by atoms with van der Waals surface area (Å²) in [6.07, 6.45) is 8.02. The summed E-state index contributed by atoms with van der Waals surface area (Å²) in [6, 6.07) is 0. The Morgan fingerprint density at radius 1 is 1.20 bits per heavy atom. The van der Waals surface area contributed by atoms with Gasteiger partial charge in [0.1, 0.15) is 0 Å². The maximum Gasteiger partial charge on any atom is 0.235 e. The molecule has 0 bridgehead atoms. The quantitative estimate of drug-likeness (QED) is 0.850. The predicted octanol–water partition coefficient (Wildman–Crippen LogP) is 2.07. The Morgan fingerprint density at radius 3 is 2.68 bits per heavy atom. The minimum atomic E-state index is -0.144. The first-order chi connectivity index (χ1) is 12.2. The Bertz CT molecular complexity index is 595. The van der Waals surface area contributed by atoms with Crippen LogP contribution in [0.3, 0.4) is 0 Å². The van der Waals surface area contributed by atoms with Gasteiger partial charge in [0.05, 0.1) is 12.5 Å². The number of likely N-dealkylation sites (tertiary alicyclic amines) is 1. The minimum absolute atomic E-state index is 0.0302. The number of amides is 2. The monoisotopic (exact) mass is 348 g/mol. The molecule has 25 heavy (non-hydrogen) atoms. The molecule has 0 unspecified atom stereocenters. The zero-order valence-corrected chi connectivity index (χ0v) is 15.0. The zero-order chi connectivity index (χ0) is 17.6. The fourth-order valence-electron chi connectivity index (χ4n) is 3.80. The lowest BCUT2D eigenvalue weighted by Gasteiger charge is -2.35. The molecule has 1 aromatic rings. The van der Waals surface area contributed by atoms with Gasteiger partial charge in [0.2, 0.25) is 23.6 Å². The van der Waals surface area contributed by atoms with Crippen LogP contribution in [0.25, 0.3) is 0 Å². The van der Waals surface area contributed by atoms with Crippen LogP contribution >= 0.6 is 0 Å². The molecule has 7 nitrogen and oxygen atoms in total. The van der Waals surface area contributed by atoms with Gasteiger partial charge in [0.15, 0.2) is 0 Å². The second kappa shape index (κ2) is 8.45. The predicted molar refractivity (Wildman–Crippen MR) is 91.4 cm³/mol. The average Bonchev–Trinajstić information content (AvgIpc) is 3.10. The number of hydrogen-bond donors (Lipinski definition) is 1. The Hall–Kier alpha value is -1.92. The average molecular weight is 348 g/mol. The molecule has 2 heterocycles. The van der Waals surface area contributed by atoms with Gasteiger partial charge in [-0.05, 0) is 25.2 Å². The van der Waals surface area contributed by atoms with Crippen molar-refractivity contribution in [1.82, 2.24) is 20.4 Å². The van der Waals surface area contributed by atoms with Gasteiger partial charge >= 0.3 is 0 Å². The molecule has 1 N–H and O–H groups in total. The van der Waals surface area contributed by atoms with E-state index < -0.39 is 0 Å². The number of rotatable bonds is 6. The van der Waals surface area contributed by atoms with Crippen LogP contribution < -0.4 is 5.32 Å². The van der Waals surface area contributed by atoms with Gasteiger partial charge in [-0.25, -0.2) is 0 Å². The third-order valence-electron chi connectivity index (χ3n) is 5.30. The third kappa shape index (κ3) is 4.80. The maximum atomic E-state index is 12.5. The molecule has 0 spiro atoms. The Labute approximate surface area is 148 Å². The first-order valence-electron chi connectivity index (χ1n) is 9.52. The van der Waals surface area contributed by atoms with E-state index in [9.17, 15) is 9.59 Å². The fourth-order valence-corrected chi connectivity index (χ4v) is 3.80. The largest absolute Gasteiger partial charge is 0.423 e. The van der Waals surface area contributed by atoms with E-state index >= 15 is 0 Å². The molecule has 138 valence electrons. The number of nitrogens with one attached hydrogen (secondary N) is 1. The van der Waals surface area contributed by atoms with E-state index in [2.05, 4.69) is 15.5 Å². The topological polar surface area (TPSA) is 88.3 Å². The fraction of sp³-hybridized carbons (Fsp3) is 0.778. The van der Waals surface area contributed by atoms with Crippen molar-refractivity contribution in [2.45, 2.75) is 64.8 Å². The van der Waals surface area contributed by atoms with Gasteiger partial charge < -0.3 is 14.6 Å². The molecule has 2 aliphatic rings. The van der Waals surface area contributed by atoms with E-state index in [0.29, 0.717) is 43.5 Å². The smallest absolute Gasteiger partial charge is 0.235 e. The number of carbonyl (C=O) groups excluding carboxylic acids is 2. The van der Waals surface area contributed by atoms with Crippen molar-refractivity contribution in [1.29, 1.82) is 0 Å². The number of nitrogens with zero attached hydrogens (tertiary/aromatic N) is 3. The number of carbonyl (C=O) groups is 2. The molecule has 1 atom stereocenters. The Balaban J connectivity index is 1.49. The van der Waals surface area contributed by atoms with Crippen molar-refractivity contribution in [3.8, 4) is 0 Å². The van der Waals surface area contributed by atoms with E-state index in [4.69, 9.17) is 4.42 Å². The summed E-state index contributed by atoms with van der Waals surface area (Å²) < 4.78 is 5.41. The number of piperidine rings is 1. The normalized spacial score (nSPS) is 22.2. The molecule has 1 aliphatic carbocycles. The summed E-state index contributed by atoms with van der Waals surface area (Å²) in [4.78, 5) is 26.6. The van der Waals surface area contributed by atoms with Crippen LogP contribution in [0.5, 0.6) is 0 Å². The standard InChI is InChI=1S/C18H28N4O3/c1-2-15-20-21-16(25-15)10-19-18(24)14-8-9-17(23)22(12-14)11-13-6-4-3-5-7-13/h13-14H,2-12H2,1H3,(H,19,24)/t14-/m0/s1. The second-order valence-electron chi connectivity index (χ2n) is 7.20. The first-order valence-corrected chi connectivity index (χ1v) is 9.52. The van der Waals surface area contributed by atoms with Crippen LogP contribution in [0.4, 0.5) is 0 Å². The van der Waals surface area contributed by atoms with Crippen LogP contribution in [0.15, 0.2) is 4.42 Å². The molecule has 2 amide bonds. The van der Waals surface area contributed by atoms with E-state index in [1.165, 1.54) is 32.1 Å². The van der Waals surface area contributed by atoms with E-state index in [1.54, 1.807) is 0 Å². The molecule has 3 rings (SSSR count). The van der Waals surface area contributed by atoms with Crippen LogP contribution in [0.1, 0.15) is 63.7 Å². The van der Waals surface area contributed by atoms with Gasteiger partial charge in [-0.2, -0.15) is 0 Å². The van der Waals surface area contributed by atoms with Gasteiger partial charge in [-0.3, -0.25) is 9.59 Å². The molecular formula is C18H28N4O3. The summed E-state index contributed by atoms with van der Waals surface area (Å²) >= 11 is 0. The third-order valence-corrected chi connectivity index (χ3v) is 5.30. The van der Waals surface area contributed by atoms with Gasteiger partial charge in [0, 0.05) is 25.9 Å². The molecule has 1 aromatic heterocycles. The minimum Gasteiger partial charge on any atom is -0.423 e. The van der Waals surface area contributed by atoms with E-state index in [-0.39, 0.29) is 24.3 Å². The van der Waals surface area contributed by atoms with E-state index in [0.717, 1.165) is 6.54 Å². The Kier molecular flexibility index (Phi) is 6.04. The summed E-state index contributed by atoms with van der Waals surface area (Å²) in [5.74, 6) is 1.62. The van der Waals surface area contributed by atoms with E-state index in [1.807, 2.05) is 11.8 Å². The summed E-state index contributed by atoms with van der Waals surface area (Å²) in [5.41, 5.74) is 0. The molecule has 1 saturated heterocycles. The van der Waals surface area contributed by atoms with Crippen molar-refractivity contribution < 1.29 is 14.0 Å². The van der Waals surface area contributed by atoms with Crippen molar-refractivity contribution in [2.75, 3.05) is 13.1 Å². The molecule has 1 saturated carbocycles. The van der Waals surface area contributed by atoms with Crippen LogP contribution in [0, 0.1) is 11.8 Å². The summed E-state index contributed by atoms with van der Waals surface area (Å²) in [6.45, 7) is 3.53. The molecule has 7 heteroatoms. The van der Waals surface area contributed by atoms with Crippen molar-refractivity contribution >= 4 is 11.8 Å². The van der Waals surface area contributed by atoms with Gasteiger partial charge in [-0.1, -0.05) is 26.2 Å². The molecule has 1 aliphatic heterocycles. The Morgan fingerprint density at radius 2 is 1.96 bits per heavy atom. The second-order valence-corrected chi connectivity index (χ2v) is 7.20. The van der Waals surface area contributed by atoms with Crippen molar-refractivity contribution in [2.24, 2.45) is 11.8 Å². The highest BCUT2D eigenvalue weighted by Gasteiger charge is 2.31. The number of hydrogen-bond acceptors (Lipinski definition) is 5. The lowest BCUT2D eigenvalue weighted by atomic mass is 9.87. The summed E-state index contributed by atoms with van der Waals surface area (Å²) in [5, 5.41) is 10.7. The van der Waals surface area contributed by atoms with Gasteiger partial charge in [-0.15, -0.1) is 10.2 Å². The lowest BCUT2D eigenvalue weighted by Crippen LogP contribution is -2.47. The number of aryl methyl sites for hydroxylation is 1. The zero-order valence-electron chi connectivity index (χ0n) is 15.0. The van der Waals surface area contributed by atoms with Crippen molar-refractivity contribution in [3.63, 3.8) is 0 Å². The highest BCUT2D eigenvalue weighted by Crippen LogP contribution is 2.27. The molecular weight excluding hydrogens is 320 g/mol. The van der Waals surface area contributed by atoms with Crippen LogP contribution in [0.2, 0.25) is 0 Å². The first kappa shape index (κ1) is 17.9. The van der Waals surface area contributed by atoms with Crippen LogP contribution in [-0.4, -0.2) is 40.0 Å². The summed E-state index contributed by atoms with van der Waals surface area (Å²) in [7, 11) is 0. The molecule has 0 radical (unpaired) electrons. The number of aromatic nitrogens is 2. The highest BCUT2D eigenvalue weighted by molar-refractivity contribution is 5.83. The van der Waals surface area contributed by atoms with Gasteiger partial charge in [0.25, 0.3) is 0 Å². The molecule has 2 fully saturated rings.